The van der Waals surface area contributed by atoms with Crippen LogP contribution in [0.15, 0.2) is 30.3 Å². The van der Waals surface area contributed by atoms with Crippen LogP contribution in [-0.4, -0.2) is 20.2 Å². The molecule has 0 aliphatic rings. The van der Waals surface area contributed by atoms with Gasteiger partial charge in [0.1, 0.15) is 5.75 Å². The summed E-state index contributed by atoms with van der Waals surface area (Å²) < 4.78 is 16.0. The quantitative estimate of drug-likeness (QED) is 0.622. The Morgan fingerprint density at radius 3 is 2.26 bits per heavy atom. The first-order chi connectivity index (χ1) is 10.9. The van der Waals surface area contributed by atoms with Crippen LogP contribution in [0.25, 0.3) is 0 Å². The van der Waals surface area contributed by atoms with Crippen molar-refractivity contribution in [1.29, 1.82) is 0 Å². The Hall–Kier alpha value is -2.49. The first kappa shape index (κ1) is 16.9. The number of rotatable bonds is 5. The molecule has 0 aliphatic heterocycles. The van der Waals surface area contributed by atoms with Crippen LogP contribution in [0.1, 0.15) is 22.3 Å². The van der Waals surface area contributed by atoms with Crippen molar-refractivity contribution in [3.63, 3.8) is 0 Å². The third-order valence-electron chi connectivity index (χ3n) is 3.78. The highest BCUT2D eigenvalue weighted by molar-refractivity contribution is 5.76. The van der Waals surface area contributed by atoms with Crippen molar-refractivity contribution >= 4 is 5.97 Å². The number of carbonyl (C=O) groups is 1. The van der Waals surface area contributed by atoms with E-state index >= 15 is 0 Å². The number of aryl methyl sites for hydroxylation is 2. The molecule has 2 rings (SSSR count). The second-order valence-corrected chi connectivity index (χ2v) is 5.55. The van der Waals surface area contributed by atoms with E-state index in [0.29, 0.717) is 17.2 Å². The smallest absolute Gasteiger partial charge is 0.315 e. The van der Waals surface area contributed by atoms with Gasteiger partial charge >= 0.3 is 5.97 Å². The summed E-state index contributed by atoms with van der Waals surface area (Å²) in [6.07, 6.45) is 0.173. The minimum Gasteiger partial charge on any atom is -0.493 e. The van der Waals surface area contributed by atoms with Crippen molar-refractivity contribution in [1.82, 2.24) is 0 Å². The minimum absolute atomic E-state index is 0.173. The lowest BCUT2D eigenvalue weighted by Gasteiger charge is -2.12. The number of benzene rings is 2. The van der Waals surface area contributed by atoms with Gasteiger partial charge in [-0.1, -0.05) is 12.1 Å². The molecule has 0 fully saturated rings. The summed E-state index contributed by atoms with van der Waals surface area (Å²) >= 11 is 0. The lowest BCUT2D eigenvalue weighted by atomic mass is 10.1. The van der Waals surface area contributed by atoms with Crippen LogP contribution in [0.4, 0.5) is 0 Å². The molecular formula is C19H22O4. The third kappa shape index (κ3) is 4.03. The maximum atomic E-state index is 12.2. The Bertz CT molecular complexity index is 720. The van der Waals surface area contributed by atoms with Crippen molar-refractivity contribution in [2.75, 3.05) is 14.2 Å². The van der Waals surface area contributed by atoms with E-state index in [2.05, 4.69) is 6.07 Å². The summed E-state index contributed by atoms with van der Waals surface area (Å²) in [6, 6.07) is 9.35. The second-order valence-electron chi connectivity index (χ2n) is 5.55. The summed E-state index contributed by atoms with van der Waals surface area (Å²) in [6.45, 7) is 5.94. The molecule has 0 saturated heterocycles. The topological polar surface area (TPSA) is 44.8 Å². The van der Waals surface area contributed by atoms with E-state index in [-0.39, 0.29) is 12.4 Å². The van der Waals surface area contributed by atoms with Gasteiger partial charge in [0.25, 0.3) is 0 Å². The van der Waals surface area contributed by atoms with Crippen molar-refractivity contribution in [2.24, 2.45) is 0 Å². The van der Waals surface area contributed by atoms with Crippen molar-refractivity contribution in [3.05, 3.63) is 52.6 Å². The van der Waals surface area contributed by atoms with Crippen LogP contribution in [0.5, 0.6) is 17.2 Å². The zero-order valence-corrected chi connectivity index (χ0v) is 14.2. The molecule has 0 unspecified atom stereocenters. The molecule has 2 aromatic rings. The lowest BCUT2D eigenvalue weighted by Crippen LogP contribution is -2.12. The molecule has 23 heavy (non-hydrogen) atoms. The molecule has 2 aromatic carbocycles. The van der Waals surface area contributed by atoms with Gasteiger partial charge in [-0.2, -0.15) is 0 Å². The normalized spacial score (nSPS) is 10.3. The van der Waals surface area contributed by atoms with E-state index in [0.717, 1.165) is 22.3 Å². The van der Waals surface area contributed by atoms with Crippen LogP contribution in [0.2, 0.25) is 0 Å². The van der Waals surface area contributed by atoms with Gasteiger partial charge in [-0.05, 0) is 61.2 Å². The highest BCUT2D eigenvalue weighted by Gasteiger charge is 2.12. The summed E-state index contributed by atoms with van der Waals surface area (Å²) in [5.74, 6) is 1.55. The van der Waals surface area contributed by atoms with Gasteiger partial charge in [0.15, 0.2) is 11.5 Å². The molecule has 0 bridgehead atoms. The number of ether oxygens (including phenoxy) is 3. The van der Waals surface area contributed by atoms with E-state index in [1.54, 1.807) is 26.4 Å². The third-order valence-corrected chi connectivity index (χ3v) is 3.78. The zero-order valence-electron chi connectivity index (χ0n) is 14.2. The number of carbonyl (C=O) groups excluding carboxylic acids is 1. The predicted molar refractivity (Wildman–Crippen MR) is 89.5 cm³/mol. The van der Waals surface area contributed by atoms with E-state index in [1.807, 2.05) is 32.9 Å². The summed E-state index contributed by atoms with van der Waals surface area (Å²) in [5.41, 5.74) is 3.98. The highest BCUT2D eigenvalue weighted by Crippen LogP contribution is 2.28. The summed E-state index contributed by atoms with van der Waals surface area (Å²) in [5, 5.41) is 0. The molecule has 122 valence electrons. The Balaban J connectivity index is 2.14. The molecule has 0 saturated carbocycles. The van der Waals surface area contributed by atoms with Gasteiger partial charge in [-0.3, -0.25) is 4.79 Å². The predicted octanol–water partition coefficient (Wildman–Crippen LogP) is 3.78. The molecule has 0 heterocycles. The Kier molecular flexibility index (Phi) is 5.27. The molecule has 4 heteroatoms. The van der Waals surface area contributed by atoms with E-state index in [9.17, 15) is 4.79 Å². The molecule has 0 atom stereocenters. The number of methoxy groups -OCH3 is 2. The van der Waals surface area contributed by atoms with Crippen molar-refractivity contribution in [3.8, 4) is 17.2 Å². The first-order valence-electron chi connectivity index (χ1n) is 7.44. The molecule has 0 N–H and O–H groups in total. The number of hydrogen-bond acceptors (Lipinski definition) is 4. The van der Waals surface area contributed by atoms with Crippen LogP contribution in [0.3, 0.4) is 0 Å². The molecule has 4 nitrogen and oxygen atoms in total. The first-order valence-corrected chi connectivity index (χ1v) is 7.44. The molecule has 0 spiro atoms. The van der Waals surface area contributed by atoms with Gasteiger partial charge in [-0.25, -0.2) is 0 Å². The standard InChI is InChI=1S/C19H22O4/c1-12-8-13(2)14(3)17(9-12)23-19(20)11-15-6-7-16(21-4)18(10-15)22-5/h6-10H,11H2,1-5H3. The second kappa shape index (κ2) is 7.18. The van der Waals surface area contributed by atoms with Crippen molar-refractivity contribution < 1.29 is 19.0 Å². The molecule has 0 aromatic heterocycles. The molecule has 0 aliphatic carbocycles. The molecular weight excluding hydrogens is 292 g/mol. The number of hydrogen-bond donors (Lipinski definition) is 0. The van der Waals surface area contributed by atoms with Gasteiger partial charge in [0.05, 0.1) is 20.6 Å². The van der Waals surface area contributed by atoms with Crippen LogP contribution in [0, 0.1) is 20.8 Å². The molecule has 0 radical (unpaired) electrons. The lowest BCUT2D eigenvalue weighted by molar-refractivity contribution is -0.133. The van der Waals surface area contributed by atoms with Gasteiger partial charge < -0.3 is 14.2 Å². The van der Waals surface area contributed by atoms with Crippen LogP contribution in [-0.2, 0) is 11.2 Å². The maximum absolute atomic E-state index is 12.2. The number of esters is 1. The van der Waals surface area contributed by atoms with Gasteiger partial charge in [-0.15, -0.1) is 0 Å². The highest BCUT2D eigenvalue weighted by atomic mass is 16.5. The van der Waals surface area contributed by atoms with E-state index in [4.69, 9.17) is 14.2 Å². The average molecular weight is 314 g/mol. The SMILES string of the molecule is COc1ccc(CC(=O)Oc2cc(C)cc(C)c2C)cc1OC. The van der Waals surface area contributed by atoms with Crippen LogP contribution >= 0.6 is 0 Å². The summed E-state index contributed by atoms with van der Waals surface area (Å²) in [4.78, 5) is 12.2. The van der Waals surface area contributed by atoms with Crippen molar-refractivity contribution in [2.45, 2.75) is 27.2 Å². The van der Waals surface area contributed by atoms with E-state index in [1.165, 1.54) is 0 Å². The van der Waals surface area contributed by atoms with Gasteiger partial charge in [0.2, 0.25) is 0 Å². The van der Waals surface area contributed by atoms with Crippen LogP contribution < -0.4 is 14.2 Å². The fourth-order valence-corrected chi connectivity index (χ4v) is 2.42. The Morgan fingerprint density at radius 1 is 0.913 bits per heavy atom. The Morgan fingerprint density at radius 2 is 1.61 bits per heavy atom. The largest absolute Gasteiger partial charge is 0.493 e. The fourth-order valence-electron chi connectivity index (χ4n) is 2.42. The average Bonchev–Trinajstić information content (AvgIpc) is 2.51. The zero-order chi connectivity index (χ0) is 17.0. The van der Waals surface area contributed by atoms with E-state index < -0.39 is 0 Å². The summed E-state index contributed by atoms with van der Waals surface area (Å²) in [7, 11) is 3.15. The molecule has 0 amide bonds. The fraction of sp³-hybridized carbons (Fsp3) is 0.316. The maximum Gasteiger partial charge on any atom is 0.315 e. The van der Waals surface area contributed by atoms with Gasteiger partial charge in [0, 0.05) is 0 Å². The monoisotopic (exact) mass is 314 g/mol. The Labute approximate surface area is 137 Å². The minimum atomic E-state index is -0.301.